The van der Waals surface area contributed by atoms with Crippen molar-refractivity contribution in [2.75, 3.05) is 13.6 Å². The lowest BCUT2D eigenvalue weighted by molar-refractivity contribution is -0.142. The SMILES string of the molecule is CN(CC(=O)O)C(=O)C1=C(O)c2cc(C3CC3)ccc2C1=O. The summed E-state index contributed by atoms with van der Waals surface area (Å²) >= 11 is 0. The highest BCUT2D eigenvalue weighted by Gasteiger charge is 2.37. The number of carbonyl (C=O) groups is 3. The molecule has 6 nitrogen and oxygen atoms in total. The fraction of sp³-hybridized carbons (Fsp3) is 0.312. The summed E-state index contributed by atoms with van der Waals surface area (Å²) < 4.78 is 0. The van der Waals surface area contributed by atoms with E-state index in [1.165, 1.54) is 7.05 Å². The van der Waals surface area contributed by atoms with Gasteiger partial charge in [0.2, 0.25) is 5.78 Å². The van der Waals surface area contributed by atoms with Crippen molar-refractivity contribution in [2.24, 2.45) is 0 Å². The molecule has 0 atom stereocenters. The van der Waals surface area contributed by atoms with Gasteiger partial charge in [-0.3, -0.25) is 14.4 Å². The number of benzene rings is 1. The normalized spacial score (nSPS) is 16.7. The Morgan fingerprint density at radius 2 is 1.95 bits per heavy atom. The van der Waals surface area contributed by atoms with Crippen molar-refractivity contribution < 1.29 is 24.6 Å². The number of rotatable bonds is 4. The van der Waals surface area contributed by atoms with Gasteiger partial charge < -0.3 is 15.1 Å². The van der Waals surface area contributed by atoms with E-state index in [1.807, 2.05) is 6.07 Å². The van der Waals surface area contributed by atoms with Crippen molar-refractivity contribution in [3.05, 3.63) is 40.5 Å². The summed E-state index contributed by atoms with van der Waals surface area (Å²) in [5.74, 6) is -2.42. The second-order valence-electron chi connectivity index (χ2n) is 5.69. The van der Waals surface area contributed by atoms with Gasteiger partial charge in [-0.05, 0) is 30.4 Å². The van der Waals surface area contributed by atoms with E-state index in [-0.39, 0.29) is 16.9 Å². The molecular weight excluding hydrogens is 286 g/mol. The second kappa shape index (κ2) is 4.98. The molecule has 0 radical (unpaired) electrons. The molecule has 114 valence electrons. The number of aliphatic carboxylic acids is 1. The number of amides is 1. The van der Waals surface area contributed by atoms with E-state index in [9.17, 15) is 19.5 Å². The highest BCUT2D eigenvalue weighted by Crippen LogP contribution is 2.42. The second-order valence-corrected chi connectivity index (χ2v) is 5.69. The highest BCUT2D eigenvalue weighted by molar-refractivity contribution is 6.33. The average molecular weight is 301 g/mol. The summed E-state index contributed by atoms with van der Waals surface area (Å²) in [6.07, 6.45) is 2.18. The van der Waals surface area contributed by atoms with Gasteiger partial charge in [-0.1, -0.05) is 12.1 Å². The first-order chi connectivity index (χ1) is 10.4. The lowest BCUT2D eigenvalue weighted by Gasteiger charge is -2.14. The van der Waals surface area contributed by atoms with Crippen molar-refractivity contribution in [1.82, 2.24) is 4.90 Å². The minimum Gasteiger partial charge on any atom is -0.506 e. The number of ketones is 1. The molecule has 0 aliphatic heterocycles. The Hall–Kier alpha value is -2.63. The molecule has 2 N–H and O–H groups in total. The van der Waals surface area contributed by atoms with Crippen LogP contribution in [0.4, 0.5) is 0 Å². The zero-order valence-electron chi connectivity index (χ0n) is 12.0. The Bertz CT molecular complexity index is 730. The number of aliphatic hydroxyl groups excluding tert-OH is 1. The predicted octanol–water partition coefficient (Wildman–Crippen LogP) is 1.57. The van der Waals surface area contributed by atoms with Crippen LogP contribution in [0.3, 0.4) is 0 Å². The van der Waals surface area contributed by atoms with Crippen LogP contribution in [-0.2, 0) is 9.59 Å². The molecule has 2 aliphatic rings. The Morgan fingerprint density at radius 1 is 1.27 bits per heavy atom. The number of nitrogens with zero attached hydrogens (tertiary/aromatic N) is 1. The molecule has 1 aromatic carbocycles. The number of hydrogen-bond donors (Lipinski definition) is 2. The van der Waals surface area contributed by atoms with E-state index in [4.69, 9.17) is 5.11 Å². The van der Waals surface area contributed by atoms with Crippen LogP contribution in [0.15, 0.2) is 23.8 Å². The lowest BCUT2D eigenvalue weighted by Crippen LogP contribution is -2.34. The molecule has 1 amide bonds. The quantitative estimate of drug-likeness (QED) is 0.823. The summed E-state index contributed by atoms with van der Waals surface area (Å²) in [5, 5.41) is 19.0. The van der Waals surface area contributed by atoms with Gasteiger partial charge in [-0.15, -0.1) is 0 Å². The van der Waals surface area contributed by atoms with Gasteiger partial charge in [0.1, 0.15) is 17.9 Å². The summed E-state index contributed by atoms with van der Waals surface area (Å²) in [6, 6.07) is 5.22. The topological polar surface area (TPSA) is 94.9 Å². The third-order valence-corrected chi connectivity index (χ3v) is 3.99. The van der Waals surface area contributed by atoms with Crippen molar-refractivity contribution >= 4 is 23.4 Å². The summed E-state index contributed by atoms with van der Waals surface area (Å²) in [7, 11) is 1.28. The molecule has 2 aliphatic carbocycles. The van der Waals surface area contributed by atoms with E-state index in [1.54, 1.807) is 12.1 Å². The molecular formula is C16H15NO5. The van der Waals surface area contributed by atoms with Crippen LogP contribution in [0.2, 0.25) is 0 Å². The van der Waals surface area contributed by atoms with Gasteiger partial charge in [0.25, 0.3) is 5.91 Å². The minimum absolute atomic E-state index is 0.286. The molecule has 0 unspecified atom stereocenters. The monoisotopic (exact) mass is 301 g/mol. The Balaban J connectivity index is 1.96. The lowest BCUT2D eigenvalue weighted by atomic mass is 10.0. The van der Waals surface area contributed by atoms with E-state index in [0.29, 0.717) is 11.5 Å². The van der Waals surface area contributed by atoms with E-state index < -0.39 is 24.2 Å². The number of hydrogen-bond acceptors (Lipinski definition) is 4. The highest BCUT2D eigenvalue weighted by atomic mass is 16.4. The van der Waals surface area contributed by atoms with E-state index in [2.05, 4.69) is 0 Å². The van der Waals surface area contributed by atoms with Gasteiger partial charge in [0.05, 0.1) is 0 Å². The van der Waals surface area contributed by atoms with Crippen molar-refractivity contribution in [1.29, 1.82) is 0 Å². The maximum Gasteiger partial charge on any atom is 0.323 e. The number of carboxylic acid groups (broad SMARTS) is 1. The van der Waals surface area contributed by atoms with Crippen LogP contribution in [0, 0.1) is 0 Å². The van der Waals surface area contributed by atoms with Crippen molar-refractivity contribution in [2.45, 2.75) is 18.8 Å². The molecule has 1 aromatic rings. The summed E-state index contributed by atoms with van der Waals surface area (Å²) in [5.41, 5.74) is 1.34. The minimum atomic E-state index is -1.19. The largest absolute Gasteiger partial charge is 0.506 e. The van der Waals surface area contributed by atoms with Gasteiger partial charge in [0.15, 0.2) is 0 Å². The Morgan fingerprint density at radius 3 is 2.55 bits per heavy atom. The summed E-state index contributed by atoms with van der Waals surface area (Å²) in [4.78, 5) is 36.1. The van der Waals surface area contributed by atoms with Crippen LogP contribution < -0.4 is 0 Å². The van der Waals surface area contributed by atoms with Gasteiger partial charge in [-0.25, -0.2) is 0 Å². The molecule has 0 heterocycles. The van der Waals surface area contributed by atoms with Crippen LogP contribution in [0.25, 0.3) is 5.76 Å². The standard InChI is InChI=1S/C16H15NO5/c1-17(7-12(18)19)16(22)13-14(20)10-5-4-9(8-2-3-8)6-11(10)15(13)21/h4-6,8,21H,2-3,7H2,1H3,(H,18,19). The first-order valence-electron chi connectivity index (χ1n) is 6.99. The number of carboxylic acids is 1. The molecule has 0 bridgehead atoms. The molecule has 1 saturated carbocycles. The van der Waals surface area contributed by atoms with E-state index in [0.717, 1.165) is 23.3 Å². The molecule has 0 saturated heterocycles. The number of fused-ring (bicyclic) bond motifs is 1. The third-order valence-electron chi connectivity index (χ3n) is 3.99. The van der Waals surface area contributed by atoms with Crippen molar-refractivity contribution in [3.8, 4) is 0 Å². The third kappa shape index (κ3) is 2.26. The van der Waals surface area contributed by atoms with Crippen molar-refractivity contribution in [3.63, 3.8) is 0 Å². The van der Waals surface area contributed by atoms with E-state index >= 15 is 0 Å². The fourth-order valence-electron chi connectivity index (χ4n) is 2.67. The maximum absolute atomic E-state index is 12.3. The number of carbonyl (C=O) groups excluding carboxylic acids is 2. The number of Topliss-reactive ketones (excluding diaryl/α,β-unsaturated/α-hetero) is 1. The molecule has 6 heteroatoms. The number of aliphatic hydroxyl groups is 1. The zero-order chi connectivity index (χ0) is 16.0. The first-order valence-corrected chi connectivity index (χ1v) is 6.99. The fourth-order valence-corrected chi connectivity index (χ4v) is 2.67. The zero-order valence-corrected chi connectivity index (χ0v) is 12.0. The maximum atomic E-state index is 12.3. The number of likely N-dealkylation sites (N-methyl/N-ethyl adjacent to an activating group) is 1. The smallest absolute Gasteiger partial charge is 0.323 e. The predicted molar refractivity (Wildman–Crippen MR) is 77.6 cm³/mol. The summed E-state index contributed by atoms with van der Waals surface area (Å²) in [6.45, 7) is -0.535. The van der Waals surface area contributed by atoms with Gasteiger partial charge >= 0.3 is 5.97 Å². The van der Waals surface area contributed by atoms with Gasteiger partial charge in [-0.2, -0.15) is 0 Å². The van der Waals surface area contributed by atoms with Crippen LogP contribution in [-0.4, -0.2) is 46.4 Å². The van der Waals surface area contributed by atoms with Gasteiger partial charge in [0, 0.05) is 18.2 Å². The Kier molecular flexibility index (Phi) is 3.24. The first kappa shape index (κ1) is 14.3. The van der Waals surface area contributed by atoms with Crippen LogP contribution in [0.5, 0.6) is 0 Å². The van der Waals surface area contributed by atoms with Crippen LogP contribution in [0.1, 0.15) is 40.2 Å². The Labute approximate surface area is 126 Å². The molecule has 22 heavy (non-hydrogen) atoms. The molecule has 0 spiro atoms. The molecule has 1 fully saturated rings. The van der Waals surface area contributed by atoms with Crippen LogP contribution >= 0.6 is 0 Å². The molecule has 0 aromatic heterocycles. The molecule has 3 rings (SSSR count). The average Bonchev–Trinajstić information content (AvgIpc) is 3.27.